The molecule has 0 radical (unpaired) electrons. The van der Waals surface area contributed by atoms with E-state index in [2.05, 4.69) is 0 Å². The minimum absolute atomic E-state index is 0.0388. The van der Waals surface area contributed by atoms with Gasteiger partial charge in [0.2, 0.25) is 0 Å². The van der Waals surface area contributed by atoms with Crippen molar-refractivity contribution in [2.24, 2.45) is 0 Å². The van der Waals surface area contributed by atoms with Gasteiger partial charge in [-0.25, -0.2) is 0 Å². The Labute approximate surface area is 83.7 Å². The molecule has 0 spiro atoms. The van der Waals surface area contributed by atoms with Crippen molar-refractivity contribution in [2.75, 3.05) is 13.1 Å². The predicted molar refractivity (Wildman–Crippen MR) is 53.1 cm³/mol. The lowest BCUT2D eigenvalue weighted by molar-refractivity contribution is 0.0729. The highest BCUT2D eigenvalue weighted by Crippen LogP contribution is 2.13. The second-order valence-corrected chi connectivity index (χ2v) is 3.68. The van der Waals surface area contributed by atoms with Crippen LogP contribution in [-0.4, -0.2) is 23.9 Å². The quantitative estimate of drug-likeness (QED) is 0.685. The van der Waals surface area contributed by atoms with Crippen LogP contribution in [0.3, 0.4) is 0 Å². The summed E-state index contributed by atoms with van der Waals surface area (Å²) in [7, 11) is 0. The highest BCUT2D eigenvalue weighted by atomic mass is 16.3. The molecule has 0 N–H and O–H groups in total. The molecule has 0 unspecified atom stereocenters. The molecule has 0 atom stereocenters. The summed E-state index contributed by atoms with van der Waals surface area (Å²) in [5, 5.41) is 0. The Hall–Kier alpha value is -1.25. The lowest BCUT2D eigenvalue weighted by Crippen LogP contribution is -2.31. The molecule has 3 nitrogen and oxygen atoms in total. The second-order valence-electron chi connectivity index (χ2n) is 3.68. The molecule has 76 valence electrons. The van der Waals surface area contributed by atoms with Crippen LogP contribution in [0.5, 0.6) is 0 Å². The van der Waals surface area contributed by atoms with Crippen LogP contribution >= 0.6 is 0 Å². The number of rotatable bonds is 1. The third kappa shape index (κ3) is 1.97. The first-order chi connectivity index (χ1) is 6.88. The Bertz CT molecular complexity index is 284. The van der Waals surface area contributed by atoms with E-state index in [0.717, 1.165) is 25.9 Å². The highest BCUT2D eigenvalue weighted by molar-refractivity contribution is 5.91. The van der Waals surface area contributed by atoms with E-state index in [1.807, 2.05) is 4.90 Å². The Balaban J connectivity index is 2.03. The fourth-order valence-electron chi connectivity index (χ4n) is 1.83. The smallest absolute Gasteiger partial charge is 0.289 e. The number of hydrogen-bond acceptors (Lipinski definition) is 2. The zero-order valence-corrected chi connectivity index (χ0v) is 8.24. The monoisotopic (exact) mass is 193 g/mol. The molecule has 0 aliphatic carbocycles. The van der Waals surface area contributed by atoms with Crippen LogP contribution in [0.4, 0.5) is 0 Å². The van der Waals surface area contributed by atoms with E-state index in [4.69, 9.17) is 4.42 Å². The average molecular weight is 193 g/mol. The van der Waals surface area contributed by atoms with Crippen molar-refractivity contribution < 1.29 is 9.21 Å². The number of likely N-dealkylation sites (tertiary alicyclic amines) is 1. The topological polar surface area (TPSA) is 33.5 Å². The lowest BCUT2D eigenvalue weighted by Gasteiger charge is -2.18. The van der Waals surface area contributed by atoms with Crippen molar-refractivity contribution in [1.82, 2.24) is 4.90 Å². The first-order valence-corrected chi connectivity index (χ1v) is 5.21. The van der Waals surface area contributed by atoms with Crippen LogP contribution in [0.15, 0.2) is 22.8 Å². The van der Waals surface area contributed by atoms with Crippen LogP contribution in [0, 0.1) is 0 Å². The Morgan fingerprint density at radius 1 is 1.21 bits per heavy atom. The van der Waals surface area contributed by atoms with Crippen LogP contribution in [0.25, 0.3) is 0 Å². The van der Waals surface area contributed by atoms with Crippen molar-refractivity contribution in [3.8, 4) is 0 Å². The maximum absolute atomic E-state index is 11.8. The highest BCUT2D eigenvalue weighted by Gasteiger charge is 2.18. The van der Waals surface area contributed by atoms with Gasteiger partial charge in [-0.05, 0) is 25.0 Å². The number of furan rings is 1. The maximum Gasteiger partial charge on any atom is 0.289 e. The summed E-state index contributed by atoms with van der Waals surface area (Å²) < 4.78 is 5.10. The van der Waals surface area contributed by atoms with Crippen LogP contribution in [-0.2, 0) is 0 Å². The number of carbonyl (C=O) groups is 1. The minimum Gasteiger partial charge on any atom is -0.459 e. The Morgan fingerprint density at radius 2 is 1.93 bits per heavy atom. The van der Waals surface area contributed by atoms with Gasteiger partial charge >= 0.3 is 0 Å². The van der Waals surface area contributed by atoms with Gasteiger partial charge in [-0.2, -0.15) is 0 Å². The van der Waals surface area contributed by atoms with E-state index in [-0.39, 0.29) is 5.91 Å². The summed E-state index contributed by atoms with van der Waals surface area (Å²) in [5.41, 5.74) is 0. The molecule has 14 heavy (non-hydrogen) atoms. The van der Waals surface area contributed by atoms with Crippen molar-refractivity contribution in [2.45, 2.75) is 25.7 Å². The summed E-state index contributed by atoms with van der Waals surface area (Å²) in [6.45, 7) is 1.75. The number of nitrogens with zero attached hydrogens (tertiary/aromatic N) is 1. The molecule has 1 saturated heterocycles. The molecule has 1 aromatic heterocycles. The third-order valence-electron chi connectivity index (χ3n) is 2.63. The van der Waals surface area contributed by atoms with Gasteiger partial charge in [0.25, 0.3) is 5.91 Å². The zero-order chi connectivity index (χ0) is 9.80. The minimum atomic E-state index is 0.0388. The molecule has 2 heterocycles. The van der Waals surface area contributed by atoms with E-state index in [1.165, 1.54) is 12.8 Å². The first-order valence-electron chi connectivity index (χ1n) is 5.21. The van der Waals surface area contributed by atoms with Gasteiger partial charge in [-0.1, -0.05) is 12.8 Å². The van der Waals surface area contributed by atoms with Gasteiger partial charge in [0.05, 0.1) is 6.26 Å². The third-order valence-corrected chi connectivity index (χ3v) is 2.63. The first kappa shape index (κ1) is 9.31. The molecule has 1 aliphatic heterocycles. The summed E-state index contributed by atoms with van der Waals surface area (Å²) in [5.74, 6) is 0.504. The molecule has 1 aliphatic rings. The summed E-state index contributed by atoms with van der Waals surface area (Å²) in [6.07, 6.45) is 6.26. The lowest BCUT2D eigenvalue weighted by atomic mass is 10.2. The molecule has 1 aromatic rings. The van der Waals surface area contributed by atoms with Crippen molar-refractivity contribution >= 4 is 5.91 Å². The van der Waals surface area contributed by atoms with Gasteiger partial charge in [-0.15, -0.1) is 0 Å². The molecular formula is C11H15NO2. The molecule has 3 heteroatoms. The van der Waals surface area contributed by atoms with Gasteiger partial charge < -0.3 is 9.32 Å². The van der Waals surface area contributed by atoms with E-state index in [1.54, 1.807) is 18.4 Å². The van der Waals surface area contributed by atoms with Gasteiger partial charge in [0.1, 0.15) is 0 Å². The largest absolute Gasteiger partial charge is 0.459 e. The van der Waals surface area contributed by atoms with Gasteiger partial charge in [0.15, 0.2) is 5.76 Å². The zero-order valence-electron chi connectivity index (χ0n) is 8.24. The van der Waals surface area contributed by atoms with Crippen molar-refractivity contribution in [3.63, 3.8) is 0 Å². The van der Waals surface area contributed by atoms with E-state index in [9.17, 15) is 4.79 Å². The fraction of sp³-hybridized carbons (Fsp3) is 0.545. The standard InChI is InChI=1S/C11H15NO2/c13-11(10-6-5-9-14-10)12-7-3-1-2-4-8-12/h5-6,9H,1-4,7-8H2. The van der Waals surface area contributed by atoms with E-state index < -0.39 is 0 Å². The molecule has 2 rings (SSSR count). The molecular weight excluding hydrogens is 178 g/mol. The van der Waals surface area contributed by atoms with Gasteiger partial charge in [-0.3, -0.25) is 4.79 Å². The maximum atomic E-state index is 11.8. The van der Waals surface area contributed by atoms with Crippen molar-refractivity contribution in [3.05, 3.63) is 24.2 Å². The van der Waals surface area contributed by atoms with Gasteiger partial charge in [0, 0.05) is 13.1 Å². The van der Waals surface area contributed by atoms with E-state index >= 15 is 0 Å². The average Bonchev–Trinajstić information content (AvgIpc) is 2.59. The molecule has 1 fully saturated rings. The number of carbonyl (C=O) groups excluding carboxylic acids is 1. The fourth-order valence-corrected chi connectivity index (χ4v) is 1.83. The van der Waals surface area contributed by atoms with Crippen molar-refractivity contribution in [1.29, 1.82) is 0 Å². The predicted octanol–water partition coefficient (Wildman–Crippen LogP) is 2.30. The van der Waals surface area contributed by atoms with E-state index in [0.29, 0.717) is 5.76 Å². The van der Waals surface area contributed by atoms with Crippen LogP contribution in [0.2, 0.25) is 0 Å². The summed E-state index contributed by atoms with van der Waals surface area (Å²) in [6, 6.07) is 3.48. The Kier molecular flexibility index (Phi) is 2.87. The number of hydrogen-bond donors (Lipinski definition) is 0. The Morgan fingerprint density at radius 3 is 2.50 bits per heavy atom. The number of amides is 1. The molecule has 1 amide bonds. The molecule has 0 aromatic carbocycles. The molecule has 0 bridgehead atoms. The summed E-state index contributed by atoms with van der Waals surface area (Å²) in [4.78, 5) is 13.7. The SMILES string of the molecule is O=C(c1ccco1)N1CCCCCC1. The van der Waals surface area contributed by atoms with Crippen LogP contribution < -0.4 is 0 Å². The normalized spacial score (nSPS) is 17.9. The second kappa shape index (κ2) is 4.31. The summed E-state index contributed by atoms with van der Waals surface area (Å²) >= 11 is 0. The molecule has 0 saturated carbocycles. The van der Waals surface area contributed by atoms with Crippen LogP contribution in [0.1, 0.15) is 36.2 Å².